The van der Waals surface area contributed by atoms with Crippen LogP contribution in [0.1, 0.15) is 15.2 Å². The lowest BCUT2D eigenvalue weighted by atomic mass is 10.1. The quantitative estimate of drug-likeness (QED) is 0.834. The molecule has 0 aliphatic carbocycles. The van der Waals surface area contributed by atoms with E-state index in [9.17, 15) is 4.79 Å². The second-order valence-corrected chi connectivity index (χ2v) is 5.94. The first-order chi connectivity index (χ1) is 8.58. The molecule has 0 aliphatic rings. The average Bonchev–Trinajstić information content (AvgIpc) is 2.72. The second-order valence-electron chi connectivity index (χ2n) is 3.62. The fourth-order valence-corrected chi connectivity index (χ4v) is 3.14. The number of halogens is 2. The molecule has 0 unspecified atom stereocenters. The second kappa shape index (κ2) is 5.73. The Bertz CT molecular complexity index is 565. The summed E-state index contributed by atoms with van der Waals surface area (Å²) in [6, 6.07) is 6.98. The van der Waals surface area contributed by atoms with Crippen molar-refractivity contribution < 1.29 is 4.79 Å². The molecule has 0 bridgehead atoms. The summed E-state index contributed by atoms with van der Waals surface area (Å²) in [6.07, 6.45) is 0. The van der Waals surface area contributed by atoms with E-state index in [4.69, 9.17) is 17.3 Å². The zero-order valence-electron chi connectivity index (χ0n) is 9.24. The van der Waals surface area contributed by atoms with E-state index in [-0.39, 0.29) is 5.91 Å². The molecule has 1 heterocycles. The van der Waals surface area contributed by atoms with Crippen LogP contribution in [0.4, 0.5) is 5.69 Å². The molecule has 2 aromatic rings. The molecule has 6 heteroatoms. The number of nitrogens with two attached hydrogens (primary N) is 1. The van der Waals surface area contributed by atoms with Crippen LogP contribution in [0, 0.1) is 0 Å². The maximum absolute atomic E-state index is 12.0. The van der Waals surface area contributed by atoms with Crippen LogP contribution < -0.4 is 11.1 Å². The van der Waals surface area contributed by atoms with Gasteiger partial charge in [-0.25, -0.2) is 0 Å². The molecule has 2 rings (SSSR count). The molecule has 1 amide bonds. The van der Waals surface area contributed by atoms with Crippen molar-refractivity contribution >= 4 is 50.5 Å². The van der Waals surface area contributed by atoms with Crippen LogP contribution in [0.5, 0.6) is 0 Å². The SMILES string of the molecule is Nc1cccc(Cl)c1C(=O)NCc1cc(Br)cs1. The van der Waals surface area contributed by atoms with Gasteiger partial charge in [-0.2, -0.15) is 0 Å². The number of hydrogen-bond acceptors (Lipinski definition) is 3. The third-order valence-corrected chi connectivity index (χ3v) is 4.33. The molecule has 1 aromatic heterocycles. The van der Waals surface area contributed by atoms with Gasteiger partial charge in [0.25, 0.3) is 5.91 Å². The highest BCUT2D eigenvalue weighted by Gasteiger charge is 2.13. The van der Waals surface area contributed by atoms with Crippen molar-refractivity contribution in [1.29, 1.82) is 0 Å². The molecular weight excluding hydrogens is 336 g/mol. The van der Waals surface area contributed by atoms with Gasteiger partial charge < -0.3 is 11.1 Å². The molecule has 0 radical (unpaired) electrons. The van der Waals surface area contributed by atoms with Crippen molar-refractivity contribution in [3.05, 3.63) is 49.6 Å². The van der Waals surface area contributed by atoms with E-state index in [1.54, 1.807) is 29.5 Å². The van der Waals surface area contributed by atoms with E-state index in [0.717, 1.165) is 9.35 Å². The van der Waals surface area contributed by atoms with E-state index in [2.05, 4.69) is 21.2 Å². The Morgan fingerprint density at radius 3 is 2.89 bits per heavy atom. The molecule has 3 nitrogen and oxygen atoms in total. The predicted octanol–water partition coefficient (Wildman–Crippen LogP) is 3.68. The van der Waals surface area contributed by atoms with Crippen molar-refractivity contribution in [2.45, 2.75) is 6.54 Å². The van der Waals surface area contributed by atoms with Gasteiger partial charge in [-0.05, 0) is 34.1 Å². The number of amides is 1. The Labute approximate surface area is 122 Å². The first-order valence-electron chi connectivity index (χ1n) is 5.13. The number of anilines is 1. The normalized spacial score (nSPS) is 10.3. The van der Waals surface area contributed by atoms with Gasteiger partial charge >= 0.3 is 0 Å². The summed E-state index contributed by atoms with van der Waals surface area (Å²) < 4.78 is 1.01. The summed E-state index contributed by atoms with van der Waals surface area (Å²) in [7, 11) is 0. The van der Waals surface area contributed by atoms with Crippen molar-refractivity contribution in [2.24, 2.45) is 0 Å². The van der Waals surface area contributed by atoms with Gasteiger partial charge in [-0.3, -0.25) is 4.79 Å². The molecule has 18 heavy (non-hydrogen) atoms. The molecule has 0 saturated carbocycles. The van der Waals surface area contributed by atoms with Gasteiger partial charge in [0, 0.05) is 20.4 Å². The Hall–Kier alpha value is -1.04. The van der Waals surface area contributed by atoms with Crippen LogP contribution >= 0.6 is 38.9 Å². The Kier molecular flexibility index (Phi) is 4.27. The van der Waals surface area contributed by atoms with Crippen LogP contribution in [-0.4, -0.2) is 5.91 Å². The highest BCUT2D eigenvalue weighted by Crippen LogP contribution is 2.23. The number of carbonyl (C=O) groups is 1. The molecular formula is C12H10BrClN2OS. The van der Waals surface area contributed by atoms with E-state index < -0.39 is 0 Å². The number of rotatable bonds is 3. The van der Waals surface area contributed by atoms with Crippen molar-refractivity contribution in [2.75, 3.05) is 5.73 Å². The number of hydrogen-bond donors (Lipinski definition) is 2. The predicted molar refractivity (Wildman–Crippen MR) is 79.1 cm³/mol. The summed E-state index contributed by atoms with van der Waals surface area (Å²) in [6.45, 7) is 0.458. The molecule has 0 fully saturated rings. The Balaban J connectivity index is 2.08. The van der Waals surface area contributed by atoms with Crippen LogP contribution in [0.25, 0.3) is 0 Å². The van der Waals surface area contributed by atoms with Crippen molar-refractivity contribution in [3.8, 4) is 0 Å². The third-order valence-electron chi connectivity index (χ3n) is 2.32. The van der Waals surface area contributed by atoms with Gasteiger partial charge in [-0.1, -0.05) is 17.7 Å². The number of carbonyl (C=O) groups excluding carboxylic acids is 1. The summed E-state index contributed by atoms with van der Waals surface area (Å²) in [4.78, 5) is 13.0. The lowest BCUT2D eigenvalue weighted by Crippen LogP contribution is -2.23. The van der Waals surface area contributed by atoms with Crippen LogP contribution in [0.2, 0.25) is 5.02 Å². The minimum Gasteiger partial charge on any atom is -0.398 e. The molecule has 0 spiro atoms. The van der Waals surface area contributed by atoms with E-state index in [1.165, 1.54) is 0 Å². The average molecular weight is 346 g/mol. The summed E-state index contributed by atoms with van der Waals surface area (Å²) in [5, 5.41) is 5.12. The summed E-state index contributed by atoms with van der Waals surface area (Å²) >= 11 is 10.9. The van der Waals surface area contributed by atoms with E-state index in [1.807, 2.05) is 11.4 Å². The number of nitrogen functional groups attached to an aromatic ring is 1. The molecule has 0 atom stereocenters. The summed E-state index contributed by atoms with van der Waals surface area (Å²) in [5.41, 5.74) is 6.46. The van der Waals surface area contributed by atoms with Crippen LogP contribution in [0.15, 0.2) is 34.1 Å². The minimum absolute atomic E-state index is 0.261. The maximum atomic E-state index is 12.0. The minimum atomic E-state index is -0.261. The topological polar surface area (TPSA) is 55.1 Å². The standard InChI is InChI=1S/C12H10BrClN2OS/c13-7-4-8(18-6-7)5-16-12(17)11-9(14)2-1-3-10(11)15/h1-4,6H,5,15H2,(H,16,17). The highest BCUT2D eigenvalue weighted by molar-refractivity contribution is 9.10. The zero-order chi connectivity index (χ0) is 13.1. The fraction of sp³-hybridized carbons (Fsp3) is 0.0833. The van der Waals surface area contributed by atoms with Crippen molar-refractivity contribution in [3.63, 3.8) is 0 Å². The maximum Gasteiger partial charge on any atom is 0.255 e. The largest absolute Gasteiger partial charge is 0.398 e. The lowest BCUT2D eigenvalue weighted by molar-refractivity contribution is 0.0952. The lowest BCUT2D eigenvalue weighted by Gasteiger charge is -2.08. The zero-order valence-corrected chi connectivity index (χ0v) is 12.4. The van der Waals surface area contributed by atoms with Crippen LogP contribution in [0.3, 0.4) is 0 Å². The van der Waals surface area contributed by atoms with Gasteiger partial charge in [0.2, 0.25) is 0 Å². The number of thiophene rings is 1. The molecule has 0 saturated heterocycles. The van der Waals surface area contributed by atoms with Gasteiger partial charge in [0.05, 0.1) is 17.1 Å². The van der Waals surface area contributed by atoms with E-state index in [0.29, 0.717) is 22.8 Å². The van der Waals surface area contributed by atoms with Crippen LogP contribution in [-0.2, 0) is 6.54 Å². The Morgan fingerprint density at radius 1 is 1.50 bits per heavy atom. The molecule has 94 valence electrons. The Morgan fingerprint density at radius 2 is 2.28 bits per heavy atom. The number of benzene rings is 1. The smallest absolute Gasteiger partial charge is 0.255 e. The van der Waals surface area contributed by atoms with Crippen molar-refractivity contribution in [1.82, 2.24) is 5.32 Å². The fourth-order valence-electron chi connectivity index (χ4n) is 1.48. The molecule has 1 aromatic carbocycles. The highest BCUT2D eigenvalue weighted by atomic mass is 79.9. The summed E-state index contributed by atoms with van der Waals surface area (Å²) in [5.74, 6) is -0.261. The molecule has 0 aliphatic heterocycles. The third kappa shape index (κ3) is 3.04. The van der Waals surface area contributed by atoms with Gasteiger partial charge in [0.15, 0.2) is 0 Å². The van der Waals surface area contributed by atoms with Gasteiger partial charge in [0.1, 0.15) is 0 Å². The van der Waals surface area contributed by atoms with E-state index >= 15 is 0 Å². The number of nitrogens with one attached hydrogen (secondary N) is 1. The first kappa shape index (κ1) is 13.4. The van der Waals surface area contributed by atoms with Gasteiger partial charge in [-0.15, -0.1) is 11.3 Å². The first-order valence-corrected chi connectivity index (χ1v) is 7.18. The monoisotopic (exact) mass is 344 g/mol. The molecule has 3 N–H and O–H groups in total.